The lowest BCUT2D eigenvalue weighted by Crippen LogP contribution is -2.34. The summed E-state index contributed by atoms with van der Waals surface area (Å²) in [6.45, 7) is 0. The van der Waals surface area contributed by atoms with Crippen LogP contribution in [-0.4, -0.2) is 22.2 Å². The van der Waals surface area contributed by atoms with Crippen molar-refractivity contribution in [1.29, 1.82) is 0 Å². The van der Waals surface area contributed by atoms with Gasteiger partial charge in [0.1, 0.15) is 0 Å². The predicted octanol–water partition coefficient (Wildman–Crippen LogP) is 4.33. The van der Waals surface area contributed by atoms with Crippen LogP contribution in [0.15, 0.2) is 48.5 Å². The highest BCUT2D eigenvalue weighted by molar-refractivity contribution is 5.92. The highest BCUT2D eigenvalue weighted by atomic mass is 16.4. The second kappa shape index (κ2) is 6.48. The van der Waals surface area contributed by atoms with Crippen LogP contribution in [0.2, 0.25) is 0 Å². The molecule has 0 atom stereocenters. The van der Waals surface area contributed by atoms with Crippen molar-refractivity contribution in [3.63, 3.8) is 0 Å². The zero-order chi connectivity index (χ0) is 17.2. The van der Waals surface area contributed by atoms with E-state index in [1.165, 1.54) is 0 Å². The zero-order valence-corrected chi connectivity index (χ0v) is 13.4. The van der Waals surface area contributed by atoms with Crippen molar-refractivity contribution in [2.45, 2.75) is 37.5 Å². The van der Waals surface area contributed by atoms with E-state index in [0.29, 0.717) is 0 Å². The van der Waals surface area contributed by atoms with Crippen molar-refractivity contribution in [3.8, 4) is 0 Å². The smallest absolute Gasteiger partial charge is 0.335 e. The quantitative estimate of drug-likeness (QED) is 0.877. The van der Waals surface area contributed by atoms with Gasteiger partial charge in [0.15, 0.2) is 0 Å². The van der Waals surface area contributed by atoms with Gasteiger partial charge in [-0.3, -0.25) is 0 Å². The van der Waals surface area contributed by atoms with Crippen LogP contribution in [0, 0.1) is 0 Å². The molecule has 0 aliphatic heterocycles. The number of aromatic carboxylic acids is 2. The molecule has 0 aromatic heterocycles. The lowest BCUT2D eigenvalue weighted by Gasteiger charge is -2.40. The molecule has 4 heteroatoms. The van der Waals surface area contributed by atoms with E-state index in [1.54, 1.807) is 24.3 Å². The lowest BCUT2D eigenvalue weighted by molar-refractivity contribution is 0.0686. The molecule has 1 fully saturated rings. The molecule has 2 N–H and O–H groups in total. The summed E-state index contributed by atoms with van der Waals surface area (Å²) in [5, 5.41) is 19.2. The van der Waals surface area contributed by atoms with Gasteiger partial charge >= 0.3 is 11.9 Å². The van der Waals surface area contributed by atoms with Gasteiger partial charge in [0.2, 0.25) is 0 Å². The monoisotopic (exact) mass is 324 g/mol. The number of carboxylic acids is 2. The molecule has 0 saturated heterocycles. The molecule has 0 amide bonds. The molecule has 0 bridgehead atoms. The maximum atomic E-state index is 11.7. The van der Waals surface area contributed by atoms with Gasteiger partial charge in [0.25, 0.3) is 0 Å². The summed E-state index contributed by atoms with van der Waals surface area (Å²) in [5.74, 6) is -1.94. The molecular weight excluding hydrogens is 304 g/mol. The lowest BCUT2D eigenvalue weighted by atomic mass is 9.63. The topological polar surface area (TPSA) is 74.6 Å². The van der Waals surface area contributed by atoms with Crippen molar-refractivity contribution in [2.75, 3.05) is 0 Å². The Kier molecular flexibility index (Phi) is 4.38. The van der Waals surface area contributed by atoms with Gasteiger partial charge < -0.3 is 10.2 Å². The molecule has 1 aliphatic rings. The van der Waals surface area contributed by atoms with E-state index >= 15 is 0 Å². The van der Waals surface area contributed by atoms with Gasteiger partial charge in [-0.2, -0.15) is 0 Å². The van der Waals surface area contributed by atoms with Gasteiger partial charge in [0.05, 0.1) is 11.1 Å². The average Bonchev–Trinajstić information content (AvgIpc) is 2.62. The fraction of sp³-hybridized carbons (Fsp3) is 0.300. The third-order valence-electron chi connectivity index (χ3n) is 5.05. The highest BCUT2D eigenvalue weighted by Crippen LogP contribution is 2.47. The molecule has 2 aromatic rings. The molecule has 4 nitrogen and oxygen atoms in total. The van der Waals surface area contributed by atoms with E-state index in [-0.39, 0.29) is 11.1 Å². The van der Waals surface area contributed by atoms with Crippen molar-refractivity contribution >= 4 is 11.9 Å². The van der Waals surface area contributed by atoms with E-state index in [2.05, 4.69) is 0 Å². The maximum Gasteiger partial charge on any atom is 0.335 e. The van der Waals surface area contributed by atoms with Gasteiger partial charge in [-0.25, -0.2) is 9.59 Å². The number of carboxylic acid groups (broad SMARTS) is 2. The second-order valence-corrected chi connectivity index (χ2v) is 6.34. The van der Waals surface area contributed by atoms with Gasteiger partial charge in [-0.1, -0.05) is 55.7 Å². The largest absolute Gasteiger partial charge is 0.478 e. The summed E-state index contributed by atoms with van der Waals surface area (Å²) >= 11 is 0. The molecular formula is C20H20O4. The SMILES string of the molecule is O=C(O)c1ccccc1C1(c2ccccc2C(=O)O)CCCCC1. The molecule has 0 unspecified atom stereocenters. The van der Waals surface area contributed by atoms with E-state index < -0.39 is 17.4 Å². The molecule has 1 aliphatic carbocycles. The Balaban J connectivity index is 2.28. The normalized spacial score (nSPS) is 16.5. The summed E-state index contributed by atoms with van der Waals surface area (Å²) in [6.07, 6.45) is 4.54. The molecule has 124 valence electrons. The minimum atomic E-state index is -0.969. The van der Waals surface area contributed by atoms with Crippen LogP contribution in [-0.2, 0) is 5.41 Å². The molecule has 24 heavy (non-hydrogen) atoms. The third-order valence-corrected chi connectivity index (χ3v) is 5.05. The first-order valence-corrected chi connectivity index (χ1v) is 8.22. The zero-order valence-electron chi connectivity index (χ0n) is 13.4. The number of hydrogen-bond acceptors (Lipinski definition) is 2. The number of benzene rings is 2. The molecule has 2 aromatic carbocycles. The minimum Gasteiger partial charge on any atom is -0.478 e. The highest BCUT2D eigenvalue weighted by Gasteiger charge is 2.40. The number of hydrogen-bond donors (Lipinski definition) is 2. The fourth-order valence-corrected chi connectivity index (χ4v) is 4.01. The van der Waals surface area contributed by atoms with Gasteiger partial charge in [0, 0.05) is 5.41 Å². The average molecular weight is 324 g/mol. The molecule has 0 heterocycles. The Hall–Kier alpha value is -2.62. The number of carbonyl (C=O) groups is 2. The fourth-order valence-electron chi connectivity index (χ4n) is 4.01. The summed E-state index contributed by atoms with van der Waals surface area (Å²) in [7, 11) is 0. The first-order valence-electron chi connectivity index (χ1n) is 8.22. The maximum absolute atomic E-state index is 11.7. The molecule has 0 radical (unpaired) electrons. The summed E-state index contributed by atoms with van der Waals surface area (Å²) < 4.78 is 0. The Morgan fingerprint density at radius 3 is 1.54 bits per heavy atom. The van der Waals surface area contributed by atoms with E-state index in [4.69, 9.17) is 0 Å². The van der Waals surface area contributed by atoms with Gasteiger partial charge in [-0.05, 0) is 36.1 Å². The van der Waals surface area contributed by atoms with E-state index in [1.807, 2.05) is 24.3 Å². The van der Waals surface area contributed by atoms with Crippen LogP contribution >= 0.6 is 0 Å². The van der Waals surface area contributed by atoms with Crippen molar-refractivity contribution in [2.24, 2.45) is 0 Å². The first-order chi connectivity index (χ1) is 11.6. The van der Waals surface area contributed by atoms with Crippen LogP contribution in [0.5, 0.6) is 0 Å². The van der Waals surface area contributed by atoms with Crippen molar-refractivity contribution in [3.05, 3.63) is 70.8 Å². The Labute approximate surface area is 140 Å². The van der Waals surface area contributed by atoms with Gasteiger partial charge in [-0.15, -0.1) is 0 Å². The Morgan fingerprint density at radius 1 is 0.708 bits per heavy atom. The summed E-state index contributed by atoms with van der Waals surface area (Å²) in [4.78, 5) is 23.5. The predicted molar refractivity (Wildman–Crippen MR) is 90.7 cm³/mol. The molecule has 3 rings (SSSR count). The third kappa shape index (κ3) is 2.68. The van der Waals surface area contributed by atoms with Crippen LogP contribution in [0.3, 0.4) is 0 Å². The first kappa shape index (κ1) is 16.2. The summed E-state index contributed by atoms with van der Waals surface area (Å²) in [5.41, 5.74) is 1.43. The molecule has 1 saturated carbocycles. The number of rotatable bonds is 4. The van der Waals surface area contributed by atoms with Crippen LogP contribution in [0.4, 0.5) is 0 Å². The molecule has 0 spiro atoms. The van der Waals surface area contributed by atoms with Crippen molar-refractivity contribution < 1.29 is 19.8 Å². The Morgan fingerprint density at radius 2 is 1.12 bits per heavy atom. The van der Waals surface area contributed by atoms with E-state index in [0.717, 1.165) is 43.2 Å². The Bertz CT molecular complexity index is 713. The second-order valence-electron chi connectivity index (χ2n) is 6.34. The van der Waals surface area contributed by atoms with E-state index in [9.17, 15) is 19.8 Å². The van der Waals surface area contributed by atoms with Crippen molar-refractivity contribution in [1.82, 2.24) is 0 Å². The standard InChI is InChI=1S/C20H20O4/c21-18(22)14-8-2-4-10-16(14)20(12-6-1-7-13-20)17-11-5-3-9-15(17)19(23)24/h2-5,8-11H,1,6-7,12-13H2,(H,21,22)(H,23,24). The van der Waals surface area contributed by atoms with Crippen LogP contribution < -0.4 is 0 Å². The minimum absolute atomic E-state index is 0.264. The van der Waals surface area contributed by atoms with Crippen LogP contribution in [0.25, 0.3) is 0 Å². The summed E-state index contributed by atoms with van der Waals surface area (Å²) in [6, 6.07) is 14.0. The van der Waals surface area contributed by atoms with Crippen LogP contribution in [0.1, 0.15) is 63.9 Å².